The number of amides is 1. The summed E-state index contributed by atoms with van der Waals surface area (Å²) >= 11 is 4.98. The van der Waals surface area contributed by atoms with Crippen LogP contribution in [0.4, 0.5) is 0 Å². The molecule has 1 unspecified atom stereocenters. The standard InChI is InChI=1S/C12H18BrNOS/c1-8(2)6-10(7-13)14-12(15)11-5-4-9(3)16-11/h4-5,8,10H,6-7H2,1-3H3,(H,14,15). The van der Waals surface area contributed by atoms with Gasteiger partial charge in [-0.05, 0) is 31.4 Å². The molecule has 1 aromatic rings. The molecule has 4 heteroatoms. The molecule has 0 aromatic carbocycles. The number of nitrogens with one attached hydrogen (secondary N) is 1. The summed E-state index contributed by atoms with van der Waals surface area (Å²) in [6.07, 6.45) is 1.00. The van der Waals surface area contributed by atoms with Gasteiger partial charge in [-0.2, -0.15) is 0 Å². The molecule has 1 aromatic heterocycles. The summed E-state index contributed by atoms with van der Waals surface area (Å²) in [7, 11) is 0. The molecule has 0 bridgehead atoms. The van der Waals surface area contributed by atoms with E-state index >= 15 is 0 Å². The lowest BCUT2D eigenvalue weighted by Crippen LogP contribution is -2.36. The van der Waals surface area contributed by atoms with Gasteiger partial charge in [0.05, 0.1) is 4.88 Å². The summed E-state index contributed by atoms with van der Waals surface area (Å²) in [6.45, 7) is 6.34. The molecule has 0 spiro atoms. The van der Waals surface area contributed by atoms with Gasteiger partial charge in [0.1, 0.15) is 0 Å². The average Bonchev–Trinajstić information content (AvgIpc) is 2.63. The first kappa shape index (κ1) is 13.7. The number of aryl methyl sites for hydroxylation is 1. The maximum absolute atomic E-state index is 11.9. The Hall–Kier alpha value is -0.350. The molecule has 0 aliphatic heterocycles. The summed E-state index contributed by atoms with van der Waals surface area (Å²) in [5, 5.41) is 3.86. The highest BCUT2D eigenvalue weighted by Gasteiger charge is 2.15. The first-order chi connectivity index (χ1) is 7.52. The quantitative estimate of drug-likeness (QED) is 0.828. The molecule has 2 nitrogen and oxygen atoms in total. The minimum absolute atomic E-state index is 0.0446. The normalized spacial score (nSPS) is 12.8. The molecule has 0 saturated heterocycles. The second kappa shape index (κ2) is 6.40. The first-order valence-electron chi connectivity index (χ1n) is 5.46. The Balaban J connectivity index is 2.55. The summed E-state index contributed by atoms with van der Waals surface area (Å²) in [5.41, 5.74) is 0. The van der Waals surface area contributed by atoms with Gasteiger partial charge in [0, 0.05) is 16.2 Å². The predicted molar refractivity (Wildman–Crippen MR) is 73.6 cm³/mol. The van der Waals surface area contributed by atoms with Crippen LogP contribution in [0.25, 0.3) is 0 Å². The van der Waals surface area contributed by atoms with Crippen LogP contribution < -0.4 is 5.32 Å². The van der Waals surface area contributed by atoms with Gasteiger partial charge < -0.3 is 5.32 Å². The van der Waals surface area contributed by atoms with Crippen molar-refractivity contribution < 1.29 is 4.79 Å². The van der Waals surface area contributed by atoms with Crippen LogP contribution in [0.2, 0.25) is 0 Å². The van der Waals surface area contributed by atoms with E-state index in [4.69, 9.17) is 0 Å². The number of carbonyl (C=O) groups is 1. The van der Waals surface area contributed by atoms with Crippen molar-refractivity contribution in [2.45, 2.75) is 33.2 Å². The zero-order valence-electron chi connectivity index (χ0n) is 9.92. The molecular weight excluding hydrogens is 286 g/mol. The Morgan fingerprint density at radius 2 is 2.19 bits per heavy atom. The van der Waals surface area contributed by atoms with Crippen LogP contribution in [-0.4, -0.2) is 17.3 Å². The molecule has 0 saturated carbocycles. The second-order valence-electron chi connectivity index (χ2n) is 4.36. The van der Waals surface area contributed by atoms with Gasteiger partial charge in [0.25, 0.3) is 5.91 Å². The number of thiophene rings is 1. The zero-order valence-corrected chi connectivity index (χ0v) is 12.3. The molecule has 1 heterocycles. The fourth-order valence-electron chi connectivity index (χ4n) is 1.54. The molecule has 90 valence electrons. The van der Waals surface area contributed by atoms with Crippen molar-refractivity contribution in [3.63, 3.8) is 0 Å². The van der Waals surface area contributed by atoms with E-state index in [9.17, 15) is 4.79 Å². The summed E-state index contributed by atoms with van der Waals surface area (Å²) in [6, 6.07) is 4.08. The molecule has 0 aliphatic rings. The second-order valence-corrected chi connectivity index (χ2v) is 6.30. The predicted octanol–water partition coefficient (Wildman–Crippen LogP) is 3.60. The van der Waals surface area contributed by atoms with E-state index in [0.717, 1.165) is 16.6 Å². The Morgan fingerprint density at radius 1 is 1.50 bits per heavy atom. The van der Waals surface area contributed by atoms with Gasteiger partial charge in [-0.15, -0.1) is 11.3 Å². The molecule has 0 radical (unpaired) electrons. The third-order valence-corrected chi connectivity index (χ3v) is 4.02. The van der Waals surface area contributed by atoms with Crippen LogP contribution in [0.1, 0.15) is 34.8 Å². The number of hydrogen-bond donors (Lipinski definition) is 1. The van der Waals surface area contributed by atoms with E-state index < -0.39 is 0 Å². The lowest BCUT2D eigenvalue weighted by Gasteiger charge is -2.17. The summed E-state index contributed by atoms with van der Waals surface area (Å²) in [5.74, 6) is 0.635. The Kier molecular flexibility index (Phi) is 5.49. The molecular formula is C12H18BrNOS. The third-order valence-electron chi connectivity index (χ3n) is 2.24. The van der Waals surface area contributed by atoms with Crippen LogP contribution >= 0.6 is 27.3 Å². The molecule has 1 rings (SSSR count). The fraction of sp³-hybridized carbons (Fsp3) is 0.583. The Bertz CT molecular complexity index is 349. The van der Waals surface area contributed by atoms with E-state index in [1.54, 1.807) is 0 Å². The van der Waals surface area contributed by atoms with Crippen molar-refractivity contribution in [3.05, 3.63) is 21.9 Å². The molecule has 1 N–H and O–H groups in total. The highest BCUT2D eigenvalue weighted by atomic mass is 79.9. The number of rotatable bonds is 5. The molecule has 0 aliphatic carbocycles. The van der Waals surface area contributed by atoms with E-state index in [2.05, 4.69) is 35.1 Å². The highest BCUT2D eigenvalue weighted by molar-refractivity contribution is 9.09. The monoisotopic (exact) mass is 303 g/mol. The SMILES string of the molecule is Cc1ccc(C(=O)NC(CBr)CC(C)C)s1. The van der Waals surface area contributed by atoms with Gasteiger partial charge in [0.15, 0.2) is 0 Å². The number of carbonyl (C=O) groups excluding carboxylic acids is 1. The maximum atomic E-state index is 11.9. The largest absolute Gasteiger partial charge is 0.348 e. The van der Waals surface area contributed by atoms with Crippen molar-refractivity contribution >= 4 is 33.2 Å². The van der Waals surface area contributed by atoms with Crippen LogP contribution in [0.3, 0.4) is 0 Å². The minimum Gasteiger partial charge on any atom is -0.348 e. The number of hydrogen-bond acceptors (Lipinski definition) is 2. The van der Waals surface area contributed by atoms with Crippen molar-refractivity contribution in [1.29, 1.82) is 0 Å². The smallest absolute Gasteiger partial charge is 0.261 e. The zero-order chi connectivity index (χ0) is 12.1. The maximum Gasteiger partial charge on any atom is 0.261 e. The summed E-state index contributed by atoms with van der Waals surface area (Å²) in [4.78, 5) is 13.9. The Labute approximate surface area is 110 Å². The van der Waals surface area contributed by atoms with Crippen LogP contribution in [0, 0.1) is 12.8 Å². The van der Waals surface area contributed by atoms with Gasteiger partial charge in [-0.1, -0.05) is 29.8 Å². The van der Waals surface area contributed by atoms with E-state index in [-0.39, 0.29) is 11.9 Å². The lowest BCUT2D eigenvalue weighted by molar-refractivity contribution is 0.0941. The number of halogens is 1. The number of alkyl halides is 1. The molecule has 1 amide bonds. The molecule has 16 heavy (non-hydrogen) atoms. The topological polar surface area (TPSA) is 29.1 Å². The summed E-state index contributed by atoms with van der Waals surface area (Å²) < 4.78 is 0. The van der Waals surface area contributed by atoms with Gasteiger partial charge in [0.2, 0.25) is 0 Å². The lowest BCUT2D eigenvalue weighted by atomic mass is 10.1. The van der Waals surface area contributed by atoms with Crippen molar-refractivity contribution in [2.24, 2.45) is 5.92 Å². The van der Waals surface area contributed by atoms with Crippen molar-refractivity contribution in [3.8, 4) is 0 Å². The average molecular weight is 304 g/mol. The third kappa shape index (κ3) is 4.26. The van der Waals surface area contributed by atoms with E-state index in [0.29, 0.717) is 5.92 Å². The van der Waals surface area contributed by atoms with E-state index in [1.807, 2.05) is 19.1 Å². The van der Waals surface area contributed by atoms with Gasteiger partial charge >= 0.3 is 0 Å². The van der Waals surface area contributed by atoms with Gasteiger partial charge in [-0.3, -0.25) is 4.79 Å². The Morgan fingerprint density at radius 3 is 2.62 bits per heavy atom. The van der Waals surface area contributed by atoms with Crippen molar-refractivity contribution in [1.82, 2.24) is 5.32 Å². The van der Waals surface area contributed by atoms with Crippen LogP contribution in [-0.2, 0) is 0 Å². The minimum atomic E-state index is 0.0446. The molecule has 1 atom stereocenters. The fourth-order valence-corrected chi connectivity index (χ4v) is 2.74. The molecule has 0 fully saturated rings. The highest BCUT2D eigenvalue weighted by Crippen LogP contribution is 2.16. The van der Waals surface area contributed by atoms with E-state index in [1.165, 1.54) is 16.2 Å². The first-order valence-corrected chi connectivity index (χ1v) is 7.40. The van der Waals surface area contributed by atoms with Crippen LogP contribution in [0.15, 0.2) is 12.1 Å². The van der Waals surface area contributed by atoms with Crippen molar-refractivity contribution in [2.75, 3.05) is 5.33 Å². The van der Waals surface area contributed by atoms with Gasteiger partial charge in [-0.25, -0.2) is 0 Å². The van der Waals surface area contributed by atoms with Crippen LogP contribution in [0.5, 0.6) is 0 Å².